The van der Waals surface area contributed by atoms with Crippen molar-refractivity contribution in [1.29, 1.82) is 0 Å². The molecule has 1 aliphatic heterocycles. The molecule has 23 heavy (non-hydrogen) atoms. The van der Waals surface area contributed by atoms with Crippen molar-refractivity contribution in [2.45, 2.75) is 33.7 Å². The normalized spacial score (nSPS) is 21.6. The molecule has 2 atom stereocenters. The Hall–Kier alpha value is -2.31. The van der Waals surface area contributed by atoms with Gasteiger partial charge in [-0.3, -0.25) is 4.79 Å². The summed E-state index contributed by atoms with van der Waals surface area (Å²) < 4.78 is 11.4. The second kappa shape index (κ2) is 6.06. The van der Waals surface area contributed by atoms with Gasteiger partial charge in [0.15, 0.2) is 0 Å². The lowest BCUT2D eigenvalue weighted by atomic mass is 9.92. The number of carbonyl (C=O) groups is 1. The summed E-state index contributed by atoms with van der Waals surface area (Å²) in [6.45, 7) is 7.39. The van der Waals surface area contributed by atoms with Crippen LogP contribution in [-0.4, -0.2) is 33.7 Å². The summed E-state index contributed by atoms with van der Waals surface area (Å²) in [4.78, 5) is 26.2. The van der Waals surface area contributed by atoms with Gasteiger partial charge in [0.05, 0.1) is 11.8 Å². The Kier molecular flexibility index (Phi) is 4.11. The zero-order valence-electron chi connectivity index (χ0n) is 13.6. The Morgan fingerprint density at radius 2 is 2.04 bits per heavy atom. The van der Waals surface area contributed by atoms with E-state index >= 15 is 0 Å². The van der Waals surface area contributed by atoms with E-state index in [0.29, 0.717) is 23.2 Å². The van der Waals surface area contributed by atoms with E-state index in [2.05, 4.69) is 18.9 Å². The van der Waals surface area contributed by atoms with Crippen molar-refractivity contribution in [2.24, 2.45) is 11.8 Å². The molecule has 0 saturated carbocycles. The summed E-state index contributed by atoms with van der Waals surface area (Å²) in [5.41, 5.74) is 0.619. The van der Waals surface area contributed by atoms with E-state index in [0.717, 1.165) is 24.2 Å². The molecule has 1 amide bonds. The number of aromatic nitrogens is 2. The van der Waals surface area contributed by atoms with Crippen molar-refractivity contribution < 1.29 is 13.6 Å². The van der Waals surface area contributed by atoms with E-state index in [4.69, 9.17) is 8.83 Å². The van der Waals surface area contributed by atoms with Gasteiger partial charge in [-0.25, -0.2) is 4.79 Å². The summed E-state index contributed by atoms with van der Waals surface area (Å²) in [6, 6.07) is 1.68. The van der Waals surface area contributed by atoms with Crippen molar-refractivity contribution in [2.75, 3.05) is 13.1 Å². The molecule has 2 aromatic rings. The van der Waals surface area contributed by atoms with Crippen LogP contribution in [0.4, 0.5) is 0 Å². The number of carbonyl (C=O) groups excluding carboxylic acids is 1. The highest BCUT2D eigenvalue weighted by Gasteiger charge is 2.26. The summed E-state index contributed by atoms with van der Waals surface area (Å²) in [7, 11) is 0. The number of furan rings is 1. The van der Waals surface area contributed by atoms with Crippen LogP contribution in [0.25, 0.3) is 11.5 Å². The number of aryl methyl sites for hydroxylation is 1. The molecule has 3 rings (SSSR count). The molecule has 0 radical (unpaired) electrons. The molecule has 0 N–H and O–H groups in total. The molecular formula is C16H21N3O4. The number of rotatable bonds is 3. The maximum absolute atomic E-state index is 12.4. The van der Waals surface area contributed by atoms with Gasteiger partial charge in [0, 0.05) is 13.1 Å². The first-order valence-corrected chi connectivity index (χ1v) is 7.84. The van der Waals surface area contributed by atoms with Crippen molar-refractivity contribution in [3.63, 3.8) is 0 Å². The van der Waals surface area contributed by atoms with Crippen LogP contribution >= 0.6 is 0 Å². The monoisotopic (exact) mass is 319 g/mol. The van der Waals surface area contributed by atoms with Crippen LogP contribution in [0.1, 0.15) is 26.0 Å². The van der Waals surface area contributed by atoms with Crippen LogP contribution in [0.3, 0.4) is 0 Å². The highest BCUT2D eigenvalue weighted by atomic mass is 16.4. The Morgan fingerprint density at radius 1 is 1.35 bits per heavy atom. The third-order valence-corrected chi connectivity index (χ3v) is 4.20. The van der Waals surface area contributed by atoms with Crippen molar-refractivity contribution in [3.05, 3.63) is 28.6 Å². The number of hydrogen-bond donors (Lipinski definition) is 0. The molecule has 124 valence electrons. The second-order valence-electron chi connectivity index (χ2n) is 6.47. The first kappa shape index (κ1) is 15.6. The largest absolute Gasteiger partial charge is 0.469 e. The van der Waals surface area contributed by atoms with Crippen LogP contribution in [0.5, 0.6) is 0 Å². The summed E-state index contributed by atoms with van der Waals surface area (Å²) >= 11 is 0. The van der Waals surface area contributed by atoms with Crippen LogP contribution < -0.4 is 5.76 Å². The van der Waals surface area contributed by atoms with Crippen LogP contribution in [0, 0.1) is 18.8 Å². The molecule has 0 aliphatic carbocycles. The minimum Gasteiger partial charge on any atom is -0.469 e. The predicted molar refractivity (Wildman–Crippen MR) is 82.7 cm³/mol. The fourth-order valence-electron chi connectivity index (χ4n) is 3.22. The molecule has 1 fully saturated rings. The zero-order valence-corrected chi connectivity index (χ0v) is 13.6. The van der Waals surface area contributed by atoms with Gasteiger partial charge in [-0.05, 0) is 31.2 Å². The Balaban J connectivity index is 1.76. The van der Waals surface area contributed by atoms with Gasteiger partial charge in [0.25, 0.3) is 5.89 Å². The fourth-order valence-corrected chi connectivity index (χ4v) is 3.22. The van der Waals surface area contributed by atoms with E-state index in [9.17, 15) is 9.59 Å². The SMILES string of the molecule is Cc1occc1-c1nn(CC(=O)N2CC(C)CC(C)C2)c(=O)o1. The Labute approximate surface area is 133 Å². The Bertz CT molecular complexity index is 747. The van der Waals surface area contributed by atoms with Crippen molar-refractivity contribution in [1.82, 2.24) is 14.7 Å². The molecule has 7 heteroatoms. The van der Waals surface area contributed by atoms with E-state index in [-0.39, 0.29) is 18.3 Å². The number of piperidine rings is 1. The van der Waals surface area contributed by atoms with Gasteiger partial charge in [-0.1, -0.05) is 13.8 Å². The molecule has 0 bridgehead atoms. The van der Waals surface area contributed by atoms with Crippen LogP contribution in [0.15, 0.2) is 26.0 Å². The van der Waals surface area contributed by atoms with E-state index in [1.54, 1.807) is 13.0 Å². The smallest absolute Gasteiger partial charge is 0.437 e. The first-order chi connectivity index (χ1) is 10.9. The molecule has 3 heterocycles. The molecule has 2 aromatic heterocycles. The number of nitrogens with zero attached hydrogens (tertiary/aromatic N) is 3. The molecule has 2 unspecified atom stereocenters. The number of amides is 1. The quantitative estimate of drug-likeness (QED) is 0.863. The van der Waals surface area contributed by atoms with Gasteiger partial charge in [-0.2, -0.15) is 4.68 Å². The standard InChI is InChI=1S/C16H21N3O4/c1-10-6-11(2)8-18(7-10)14(20)9-19-16(21)23-15(17-19)13-4-5-22-12(13)3/h4-5,10-11H,6-9H2,1-3H3. The van der Waals surface area contributed by atoms with Gasteiger partial charge in [-0.15, -0.1) is 5.10 Å². The third kappa shape index (κ3) is 3.23. The molecule has 7 nitrogen and oxygen atoms in total. The van der Waals surface area contributed by atoms with Crippen molar-refractivity contribution >= 4 is 5.91 Å². The highest BCUT2D eigenvalue weighted by Crippen LogP contribution is 2.22. The summed E-state index contributed by atoms with van der Waals surface area (Å²) in [5.74, 6) is 1.00. The first-order valence-electron chi connectivity index (χ1n) is 7.84. The maximum atomic E-state index is 12.4. The average molecular weight is 319 g/mol. The van der Waals surface area contributed by atoms with Crippen molar-refractivity contribution in [3.8, 4) is 11.5 Å². The summed E-state index contributed by atoms with van der Waals surface area (Å²) in [5, 5.41) is 4.12. The highest BCUT2D eigenvalue weighted by molar-refractivity contribution is 5.76. The van der Waals surface area contributed by atoms with Gasteiger partial charge < -0.3 is 13.7 Å². The molecule has 1 saturated heterocycles. The maximum Gasteiger partial charge on any atom is 0.437 e. The van der Waals surface area contributed by atoms with Crippen LogP contribution in [0.2, 0.25) is 0 Å². The lowest BCUT2D eigenvalue weighted by Crippen LogP contribution is -2.44. The van der Waals surface area contributed by atoms with Crippen LogP contribution in [-0.2, 0) is 11.3 Å². The average Bonchev–Trinajstić information content (AvgIpc) is 3.04. The van der Waals surface area contributed by atoms with Gasteiger partial charge in [0.1, 0.15) is 12.3 Å². The summed E-state index contributed by atoms with van der Waals surface area (Å²) in [6.07, 6.45) is 2.63. The Morgan fingerprint density at radius 3 is 2.65 bits per heavy atom. The fraction of sp³-hybridized carbons (Fsp3) is 0.562. The predicted octanol–water partition coefficient (Wildman–Crippen LogP) is 1.91. The lowest BCUT2D eigenvalue weighted by molar-refractivity contribution is -0.134. The molecule has 1 aliphatic rings. The topological polar surface area (TPSA) is 81.5 Å². The molecule has 0 spiro atoms. The van der Waals surface area contributed by atoms with E-state index < -0.39 is 5.76 Å². The van der Waals surface area contributed by atoms with Gasteiger partial charge in [0.2, 0.25) is 5.91 Å². The lowest BCUT2D eigenvalue weighted by Gasteiger charge is -2.34. The number of hydrogen-bond acceptors (Lipinski definition) is 5. The minimum absolute atomic E-state index is 0.0985. The van der Waals surface area contributed by atoms with E-state index in [1.165, 1.54) is 6.26 Å². The molecule has 0 aromatic carbocycles. The van der Waals surface area contributed by atoms with Gasteiger partial charge >= 0.3 is 5.76 Å². The zero-order chi connectivity index (χ0) is 16.6. The van der Waals surface area contributed by atoms with E-state index in [1.807, 2.05) is 4.90 Å². The molecular weight excluding hydrogens is 298 g/mol. The second-order valence-corrected chi connectivity index (χ2v) is 6.47. The minimum atomic E-state index is -0.632. The number of likely N-dealkylation sites (tertiary alicyclic amines) is 1. The third-order valence-electron chi connectivity index (χ3n) is 4.20.